The Morgan fingerprint density at radius 2 is 2.17 bits per heavy atom. The summed E-state index contributed by atoms with van der Waals surface area (Å²) in [6.45, 7) is 8.81. The Morgan fingerprint density at radius 1 is 1.39 bits per heavy atom. The summed E-state index contributed by atoms with van der Waals surface area (Å²) in [6.07, 6.45) is 5.54. The van der Waals surface area contributed by atoms with Gasteiger partial charge in [-0.3, -0.25) is 0 Å². The maximum Gasteiger partial charge on any atom is 0.151 e. The SMILES string of the molecule is CCCNCC1CCN(c2cc(C)cnn2)CC1. The molecule has 0 radical (unpaired) electrons. The van der Waals surface area contributed by atoms with E-state index in [-0.39, 0.29) is 0 Å². The van der Waals surface area contributed by atoms with Gasteiger partial charge in [0, 0.05) is 13.1 Å². The van der Waals surface area contributed by atoms with Gasteiger partial charge in [-0.1, -0.05) is 6.92 Å². The molecule has 0 aromatic carbocycles. The van der Waals surface area contributed by atoms with Gasteiger partial charge >= 0.3 is 0 Å². The number of hydrogen-bond donors (Lipinski definition) is 1. The summed E-state index contributed by atoms with van der Waals surface area (Å²) in [5.74, 6) is 1.86. The minimum Gasteiger partial charge on any atom is -0.355 e. The van der Waals surface area contributed by atoms with Crippen molar-refractivity contribution >= 4 is 5.82 Å². The number of anilines is 1. The predicted molar refractivity (Wildman–Crippen MR) is 74.9 cm³/mol. The first-order valence-corrected chi connectivity index (χ1v) is 7.04. The second kappa shape index (κ2) is 6.69. The lowest BCUT2D eigenvalue weighted by Gasteiger charge is -2.32. The van der Waals surface area contributed by atoms with Crippen molar-refractivity contribution in [3.8, 4) is 0 Å². The van der Waals surface area contributed by atoms with Crippen LogP contribution >= 0.6 is 0 Å². The van der Waals surface area contributed by atoms with E-state index in [1.54, 1.807) is 0 Å². The van der Waals surface area contributed by atoms with Gasteiger partial charge in [0.25, 0.3) is 0 Å². The van der Waals surface area contributed by atoms with Gasteiger partial charge in [0.05, 0.1) is 6.20 Å². The maximum absolute atomic E-state index is 4.22. The normalized spacial score (nSPS) is 17.1. The van der Waals surface area contributed by atoms with E-state index in [4.69, 9.17) is 0 Å². The Hall–Kier alpha value is -1.16. The molecule has 0 amide bonds. The molecule has 1 aliphatic heterocycles. The van der Waals surface area contributed by atoms with Crippen LogP contribution < -0.4 is 10.2 Å². The van der Waals surface area contributed by atoms with Gasteiger partial charge in [0.2, 0.25) is 0 Å². The van der Waals surface area contributed by atoms with Gasteiger partial charge in [-0.2, -0.15) is 5.10 Å². The Bertz CT molecular complexity index is 359. The molecule has 2 heterocycles. The zero-order valence-corrected chi connectivity index (χ0v) is 11.5. The summed E-state index contributed by atoms with van der Waals surface area (Å²) in [4.78, 5) is 2.36. The molecule has 1 aliphatic rings. The molecule has 18 heavy (non-hydrogen) atoms. The van der Waals surface area contributed by atoms with Gasteiger partial charge < -0.3 is 10.2 Å². The Labute approximate surface area is 110 Å². The molecule has 0 unspecified atom stereocenters. The highest BCUT2D eigenvalue weighted by molar-refractivity contribution is 5.39. The lowest BCUT2D eigenvalue weighted by atomic mass is 9.97. The molecule has 4 heteroatoms. The molecule has 4 nitrogen and oxygen atoms in total. The first kappa shape index (κ1) is 13.3. The maximum atomic E-state index is 4.22. The number of nitrogens with zero attached hydrogens (tertiary/aromatic N) is 3. The van der Waals surface area contributed by atoms with Crippen LogP contribution in [0, 0.1) is 12.8 Å². The molecule has 0 atom stereocenters. The number of piperidine rings is 1. The van der Waals surface area contributed by atoms with Crippen LogP contribution in [0.25, 0.3) is 0 Å². The lowest BCUT2D eigenvalue weighted by molar-refractivity contribution is 0.382. The largest absolute Gasteiger partial charge is 0.355 e. The van der Waals surface area contributed by atoms with Gasteiger partial charge in [0.1, 0.15) is 0 Å². The average Bonchev–Trinajstić information content (AvgIpc) is 2.40. The molecule has 0 spiro atoms. The van der Waals surface area contributed by atoms with E-state index >= 15 is 0 Å². The molecular formula is C14H24N4. The van der Waals surface area contributed by atoms with Crippen molar-refractivity contribution in [3.05, 3.63) is 17.8 Å². The summed E-state index contributed by atoms with van der Waals surface area (Å²) in [5, 5.41) is 11.8. The van der Waals surface area contributed by atoms with Crippen molar-refractivity contribution in [1.29, 1.82) is 0 Å². The highest BCUT2D eigenvalue weighted by Crippen LogP contribution is 2.21. The molecule has 2 rings (SSSR count). The van der Waals surface area contributed by atoms with Crippen LogP contribution in [0.2, 0.25) is 0 Å². The molecule has 1 N–H and O–H groups in total. The van der Waals surface area contributed by atoms with E-state index in [0.29, 0.717) is 0 Å². The van der Waals surface area contributed by atoms with Crippen LogP contribution in [0.3, 0.4) is 0 Å². The van der Waals surface area contributed by atoms with Crippen LogP contribution in [0.4, 0.5) is 5.82 Å². The van der Waals surface area contributed by atoms with E-state index in [9.17, 15) is 0 Å². The van der Waals surface area contributed by atoms with E-state index in [1.165, 1.54) is 31.4 Å². The third kappa shape index (κ3) is 3.67. The van der Waals surface area contributed by atoms with Gasteiger partial charge in [-0.15, -0.1) is 5.10 Å². The number of rotatable bonds is 5. The van der Waals surface area contributed by atoms with Gasteiger partial charge in [-0.25, -0.2) is 0 Å². The number of nitrogens with one attached hydrogen (secondary N) is 1. The van der Waals surface area contributed by atoms with Crippen molar-refractivity contribution in [2.24, 2.45) is 5.92 Å². The summed E-state index contributed by atoms with van der Waals surface area (Å²) >= 11 is 0. The quantitative estimate of drug-likeness (QED) is 0.809. The monoisotopic (exact) mass is 248 g/mol. The van der Waals surface area contributed by atoms with Gasteiger partial charge in [0.15, 0.2) is 5.82 Å². The van der Waals surface area contributed by atoms with E-state index in [1.807, 2.05) is 6.20 Å². The zero-order valence-electron chi connectivity index (χ0n) is 11.5. The lowest BCUT2D eigenvalue weighted by Crippen LogP contribution is -2.38. The van der Waals surface area contributed by atoms with Crippen LogP contribution in [0.5, 0.6) is 0 Å². The molecule has 1 aromatic heterocycles. The second-order valence-electron chi connectivity index (χ2n) is 5.23. The number of aromatic nitrogens is 2. The predicted octanol–water partition coefficient (Wildman–Crippen LogP) is 2.00. The molecule has 1 saturated heterocycles. The highest BCUT2D eigenvalue weighted by Gasteiger charge is 2.19. The average molecular weight is 248 g/mol. The second-order valence-corrected chi connectivity index (χ2v) is 5.23. The summed E-state index contributed by atoms with van der Waals surface area (Å²) < 4.78 is 0. The first-order chi connectivity index (χ1) is 8.79. The van der Waals surface area contributed by atoms with Crippen molar-refractivity contribution in [1.82, 2.24) is 15.5 Å². The fourth-order valence-electron chi connectivity index (χ4n) is 2.45. The smallest absolute Gasteiger partial charge is 0.151 e. The first-order valence-electron chi connectivity index (χ1n) is 7.04. The standard InChI is InChI=1S/C14H24N4/c1-3-6-15-11-13-4-7-18(8-5-13)14-9-12(2)10-16-17-14/h9-10,13,15H,3-8,11H2,1-2H3. The van der Waals surface area contributed by atoms with E-state index in [2.05, 4.69) is 40.3 Å². The van der Waals surface area contributed by atoms with Crippen molar-refractivity contribution in [2.45, 2.75) is 33.1 Å². The van der Waals surface area contributed by atoms with Crippen molar-refractivity contribution in [3.63, 3.8) is 0 Å². The third-order valence-corrected chi connectivity index (χ3v) is 3.58. The minimum atomic E-state index is 0.825. The van der Waals surface area contributed by atoms with Crippen LogP contribution in [-0.2, 0) is 0 Å². The van der Waals surface area contributed by atoms with Crippen LogP contribution in [0.15, 0.2) is 12.3 Å². The summed E-state index contributed by atoms with van der Waals surface area (Å²) in [6, 6.07) is 2.13. The molecule has 100 valence electrons. The number of hydrogen-bond acceptors (Lipinski definition) is 4. The fraction of sp³-hybridized carbons (Fsp3) is 0.714. The molecule has 0 saturated carbocycles. The zero-order chi connectivity index (χ0) is 12.8. The third-order valence-electron chi connectivity index (χ3n) is 3.58. The number of aryl methyl sites for hydroxylation is 1. The minimum absolute atomic E-state index is 0.825. The molecule has 0 bridgehead atoms. The summed E-state index contributed by atoms with van der Waals surface area (Å²) in [5.41, 5.74) is 1.19. The van der Waals surface area contributed by atoms with Crippen LogP contribution in [-0.4, -0.2) is 36.4 Å². The molecule has 1 aromatic rings. The highest BCUT2D eigenvalue weighted by atomic mass is 15.3. The fourth-order valence-corrected chi connectivity index (χ4v) is 2.45. The summed E-state index contributed by atoms with van der Waals surface area (Å²) in [7, 11) is 0. The Balaban J connectivity index is 1.79. The van der Waals surface area contributed by atoms with Crippen LogP contribution in [0.1, 0.15) is 31.7 Å². The van der Waals surface area contributed by atoms with Crippen molar-refractivity contribution < 1.29 is 0 Å². The van der Waals surface area contributed by atoms with Gasteiger partial charge in [-0.05, 0) is 56.8 Å². The molecule has 1 fully saturated rings. The Morgan fingerprint density at radius 3 is 2.83 bits per heavy atom. The molecular weight excluding hydrogens is 224 g/mol. The molecule has 0 aliphatic carbocycles. The van der Waals surface area contributed by atoms with Crippen molar-refractivity contribution in [2.75, 3.05) is 31.1 Å². The topological polar surface area (TPSA) is 41.0 Å². The Kier molecular flexibility index (Phi) is 4.93. The van der Waals surface area contributed by atoms with E-state index in [0.717, 1.165) is 31.4 Å². The van der Waals surface area contributed by atoms with E-state index < -0.39 is 0 Å².